The zero-order valence-corrected chi connectivity index (χ0v) is 9.54. The maximum atomic E-state index is 9.25. The van der Waals surface area contributed by atoms with Crippen LogP contribution in [0.2, 0.25) is 0 Å². The first-order valence-electron chi connectivity index (χ1n) is 4.82. The average Bonchev–Trinajstić information content (AvgIpc) is 2.27. The lowest BCUT2D eigenvalue weighted by atomic mass is 10.3. The molecule has 6 heteroatoms. The van der Waals surface area contributed by atoms with Crippen molar-refractivity contribution in [3.05, 3.63) is 12.7 Å². The average molecular weight is 238 g/mol. The monoisotopic (exact) mass is 238 g/mol. The quantitative estimate of drug-likeness (QED) is 0.321. The van der Waals surface area contributed by atoms with Crippen LogP contribution in [0.15, 0.2) is 12.7 Å². The van der Waals surface area contributed by atoms with Crippen LogP contribution in [0.3, 0.4) is 0 Å². The second-order valence-electron chi connectivity index (χ2n) is 2.73. The molecule has 16 heavy (non-hydrogen) atoms. The number of carboxylic acids is 1. The van der Waals surface area contributed by atoms with Gasteiger partial charge in [0.1, 0.15) is 0 Å². The molecule has 0 amide bonds. The van der Waals surface area contributed by atoms with Crippen molar-refractivity contribution in [2.24, 2.45) is 0 Å². The molecule has 1 atom stereocenters. The van der Waals surface area contributed by atoms with E-state index in [1.165, 1.54) is 6.92 Å². The van der Waals surface area contributed by atoms with Crippen molar-refractivity contribution >= 4 is 5.97 Å². The Labute approximate surface area is 95.5 Å². The summed E-state index contributed by atoms with van der Waals surface area (Å²) < 4.78 is 0. The van der Waals surface area contributed by atoms with Crippen LogP contribution in [-0.4, -0.2) is 57.4 Å². The number of unbranched alkanes of at least 4 members (excludes halogenated alkanes) is 1. The van der Waals surface area contributed by atoms with Gasteiger partial charge in [0.2, 0.25) is 0 Å². The van der Waals surface area contributed by atoms with Crippen LogP contribution in [-0.2, 0) is 4.79 Å². The maximum Gasteiger partial charge on any atom is 0.327 e. The lowest BCUT2D eigenvalue weighted by Gasteiger charge is -1.90. The van der Waals surface area contributed by atoms with E-state index in [-0.39, 0.29) is 19.8 Å². The molecule has 0 aromatic carbocycles. The van der Waals surface area contributed by atoms with Crippen molar-refractivity contribution < 1.29 is 30.3 Å². The molecule has 0 saturated heterocycles. The van der Waals surface area contributed by atoms with Gasteiger partial charge in [-0.3, -0.25) is 0 Å². The lowest BCUT2D eigenvalue weighted by molar-refractivity contribution is -0.131. The SMILES string of the molecule is C=CC(=O)O.CC(O)CO.OCCCCO. The first-order valence-corrected chi connectivity index (χ1v) is 4.82. The second kappa shape index (κ2) is 19.6. The van der Waals surface area contributed by atoms with Gasteiger partial charge >= 0.3 is 5.97 Å². The van der Waals surface area contributed by atoms with Crippen LogP contribution in [0.5, 0.6) is 0 Å². The topological polar surface area (TPSA) is 118 Å². The summed E-state index contributed by atoms with van der Waals surface area (Å²) in [5.41, 5.74) is 0. The molecule has 5 N–H and O–H groups in total. The zero-order chi connectivity index (χ0) is 13.4. The number of aliphatic carboxylic acids is 1. The van der Waals surface area contributed by atoms with Crippen molar-refractivity contribution in [2.45, 2.75) is 25.9 Å². The van der Waals surface area contributed by atoms with Gasteiger partial charge in [-0.05, 0) is 19.8 Å². The standard InChI is InChI=1S/C4H10O2.C3H8O2.C3H4O2/c5-3-1-2-4-6;1-3(5)2-4;1-2-3(4)5/h5-6H,1-4H2;3-5H,2H2,1H3;2H,1H2,(H,4,5). The van der Waals surface area contributed by atoms with Crippen LogP contribution in [0.25, 0.3) is 0 Å². The number of carboxylic acid groups (broad SMARTS) is 1. The van der Waals surface area contributed by atoms with Gasteiger partial charge in [-0.25, -0.2) is 4.79 Å². The second-order valence-corrected chi connectivity index (χ2v) is 2.73. The van der Waals surface area contributed by atoms with E-state index in [9.17, 15) is 4.79 Å². The third-order valence-electron chi connectivity index (χ3n) is 1.01. The number of hydrogen-bond acceptors (Lipinski definition) is 5. The zero-order valence-electron chi connectivity index (χ0n) is 9.54. The Morgan fingerprint density at radius 3 is 1.56 bits per heavy atom. The summed E-state index contributed by atoms with van der Waals surface area (Å²) in [4.78, 5) is 9.25. The fourth-order valence-electron chi connectivity index (χ4n) is 0.224. The first kappa shape index (κ1) is 20.5. The van der Waals surface area contributed by atoms with Crippen LogP contribution in [0, 0.1) is 0 Å². The van der Waals surface area contributed by atoms with Crippen LogP contribution < -0.4 is 0 Å². The molecule has 0 spiro atoms. The van der Waals surface area contributed by atoms with E-state index in [1.807, 2.05) is 0 Å². The number of aliphatic hydroxyl groups excluding tert-OH is 4. The van der Waals surface area contributed by atoms with Gasteiger partial charge in [-0.1, -0.05) is 6.58 Å². The van der Waals surface area contributed by atoms with Gasteiger partial charge in [0.25, 0.3) is 0 Å². The molecular weight excluding hydrogens is 216 g/mol. The normalized spacial score (nSPS) is 10.1. The highest BCUT2D eigenvalue weighted by molar-refractivity contribution is 5.78. The predicted octanol–water partition coefficient (Wildman–Crippen LogP) is -0.632. The molecule has 0 aliphatic heterocycles. The Balaban J connectivity index is -0.000000160. The Hall–Kier alpha value is -0.950. The molecular formula is C10H22O6. The molecule has 0 fully saturated rings. The summed E-state index contributed by atoms with van der Waals surface area (Å²) in [7, 11) is 0. The summed E-state index contributed by atoms with van der Waals surface area (Å²) in [6, 6.07) is 0. The van der Waals surface area contributed by atoms with E-state index in [0.717, 1.165) is 18.9 Å². The Bertz CT molecular complexity index is 142. The molecule has 6 nitrogen and oxygen atoms in total. The number of hydrogen-bond donors (Lipinski definition) is 5. The van der Waals surface area contributed by atoms with Gasteiger partial charge in [0.05, 0.1) is 12.7 Å². The van der Waals surface area contributed by atoms with Gasteiger partial charge in [-0.15, -0.1) is 0 Å². The fourth-order valence-corrected chi connectivity index (χ4v) is 0.224. The third-order valence-corrected chi connectivity index (χ3v) is 1.01. The smallest absolute Gasteiger partial charge is 0.327 e. The first-order chi connectivity index (χ1) is 7.45. The lowest BCUT2D eigenvalue weighted by Crippen LogP contribution is -2.03. The molecule has 0 heterocycles. The summed E-state index contributed by atoms with van der Waals surface area (Å²) in [5, 5.41) is 39.8. The molecule has 0 bridgehead atoms. The minimum absolute atomic E-state index is 0.139. The molecule has 98 valence electrons. The maximum absolute atomic E-state index is 9.25. The molecule has 1 unspecified atom stereocenters. The van der Waals surface area contributed by atoms with E-state index in [4.69, 9.17) is 25.5 Å². The third kappa shape index (κ3) is 51.8. The van der Waals surface area contributed by atoms with Crippen molar-refractivity contribution in [1.82, 2.24) is 0 Å². The number of aliphatic hydroxyl groups is 4. The fraction of sp³-hybridized carbons (Fsp3) is 0.700. The van der Waals surface area contributed by atoms with Gasteiger partial charge in [-0.2, -0.15) is 0 Å². The van der Waals surface area contributed by atoms with Gasteiger partial charge in [0.15, 0.2) is 0 Å². The molecule has 0 aromatic heterocycles. The van der Waals surface area contributed by atoms with E-state index in [2.05, 4.69) is 6.58 Å². The predicted molar refractivity (Wildman–Crippen MR) is 60.0 cm³/mol. The van der Waals surface area contributed by atoms with Crippen LogP contribution in [0.1, 0.15) is 19.8 Å². The molecule has 0 radical (unpaired) electrons. The Kier molecular flexibility index (Phi) is 25.1. The Morgan fingerprint density at radius 1 is 1.25 bits per heavy atom. The minimum Gasteiger partial charge on any atom is -0.478 e. The van der Waals surface area contributed by atoms with Crippen molar-refractivity contribution in [1.29, 1.82) is 0 Å². The Morgan fingerprint density at radius 2 is 1.50 bits per heavy atom. The van der Waals surface area contributed by atoms with Gasteiger partial charge < -0.3 is 25.5 Å². The van der Waals surface area contributed by atoms with Crippen LogP contribution >= 0.6 is 0 Å². The number of carbonyl (C=O) groups is 1. The summed E-state index contributed by atoms with van der Waals surface area (Å²) in [6.45, 7) is 4.74. The highest BCUT2D eigenvalue weighted by atomic mass is 16.4. The molecule has 0 saturated carbocycles. The van der Waals surface area contributed by atoms with Gasteiger partial charge in [0, 0.05) is 19.3 Å². The van der Waals surface area contributed by atoms with E-state index < -0.39 is 12.1 Å². The largest absolute Gasteiger partial charge is 0.478 e. The van der Waals surface area contributed by atoms with Crippen molar-refractivity contribution in [3.63, 3.8) is 0 Å². The van der Waals surface area contributed by atoms with Crippen molar-refractivity contribution in [3.8, 4) is 0 Å². The summed E-state index contributed by atoms with van der Waals surface area (Å²) in [6.07, 6.45) is 1.71. The van der Waals surface area contributed by atoms with Crippen molar-refractivity contribution in [2.75, 3.05) is 19.8 Å². The highest BCUT2D eigenvalue weighted by Gasteiger charge is 1.83. The molecule has 0 aromatic rings. The molecule has 0 aliphatic carbocycles. The van der Waals surface area contributed by atoms with E-state index in [1.54, 1.807) is 0 Å². The van der Waals surface area contributed by atoms with E-state index >= 15 is 0 Å². The molecule has 0 rings (SSSR count). The number of rotatable bonds is 5. The summed E-state index contributed by atoms with van der Waals surface area (Å²) in [5.74, 6) is -0.981. The minimum atomic E-state index is -0.981. The van der Waals surface area contributed by atoms with E-state index in [0.29, 0.717) is 0 Å². The van der Waals surface area contributed by atoms with Crippen LogP contribution in [0.4, 0.5) is 0 Å². The molecule has 0 aliphatic rings. The highest BCUT2D eigenvalue weighted by Crippen LogP contribution is 1.80. The summed E-state index contributed by atoms with van der Waals surface area (Å²) >= 11 is 0.